The number of hydrogen-bond acceptors (Lipinski definition) is 6. The van der Waals surface area contributed by atoms with Gasteiger partial charge in [-0.05, 0) is 57.3 Å². The van der Waals surface area contributed by atoms with Crippen LogP contribution in [0.15, 0.2) is 24.3 Å². The number of carbonyl (C=O) groups is 1. The van der Waals surface area contributed by atoms with Crippen LogP contribution in [0.25, 0.3) is 0 Å². The summed E-state index contributed by atoms with van der Waals surface area (Å²) in [4.78, 5) is 10.5. The molecule has 0 aromatic carbocycles. The number of rotatable bonds is 25. The molecule has 276 valence electrons. The maximum atomic E-state index is 10.5. The van der Waals surface area contributed by atoms with Crippen LogP contribution in [0.4, 0.5) is 0 Å². The van der Waals surface area contributed by atoms with Crippen LogP contribution in [0, 0.1) is 11.8 Å². The molecular formula is C40H74O7. The molecule has 0 amide bonds. The van der Waals surface area contributed by atoms with E-state index in [1.54, 1.807) is 12.2 Å². The van der Waals surface area contributed by atoms with Crippen molar-refractivity contribution < 1.29 is 34.7 Å². The molecule has 4 N–H and O–H groups in total. The summed E-state index contributed by atoms with van der Waals surface area (Å²) in [5.74, 6) is -0.129. The maximum Gasteiger partial charge on any atom is 0.303 e. The Labute approximate surface area is 288 Å². The predicted octanol–water partition coefficient (Wildman–Crippen LogP) is 9.66. The van der Waals surface area contributed by atoms with E-state index in [1.165, 1.54) is 96.3 Å². The predicted molar refractivity (Wildman–Crippen MR) is 193 cm³/mol. The molecule has 7 nitrogen and oxygen atoms in total. The molecule has 2 aliphatic heterocycles. The number of allylic oxidation sites excluding steroid dienone is 2. The first-order valence-corrected chi connectivity index (χ1v) is 19.7. The Bertz CT molecular complexity index is 785. The van der Waals surface area contributed by atoms with E-state index >= 15 is 0 Å². The van der Waals surface area contributed by atoms with Gasteiger partial charge in [0.2, 0.25) is 0 Å². The number of aliphatic hydroxyl groups excluding tert-OH is 3. The third kappa shape index (κ3) is 22.9. The van der Waals surface area contributed by atoms with Gasteiger partial charge >= 0.3 is 5.97 Å². The molecule has 0 bridgehead atoms. The molecule has 2 aliphatic rings. The monoisotopic (exact) mass is 667 g/mol. The van der Waals surface area contributed by atoms with E-state index in [1.807, 2.05) is 12.2 Å². The van der Waals surface area contributed by atoms with Crippen LogP contribution in [0.5, 0.6) is 0 Å². The zero-order chi connectivity index (χ0) is 34.5. The summed E-state index contributed by atoms with van der Waals surface area (Å²) in [6, 6.07) is 0. The molecule has 47 heavy (non-hydrogen) atoms. The maximum absolute atomic E-state index is 10.5. The topological polar surface area (TPSA) is 116 Å². The molecule has 7 heteroatoms. The summed E-state index contributed by atoms with van der Waals surface area (Å²) in [6.45, 7) is 7.72. The molecule has 7 atom stereocenters. The third-order valence-corrected chi connectivity index (χ3v) is 9.73. The van der Waals surface area contributed by atoms with E-state index in [-0.39, 0.29) is 18.8 Å². The fourth-order valence-electron chi connectivity index (χ4n) is 6.78. The Balaban J connectivity index is 0.000000481. The highest BCUT2D eigenvalue weighted by Crippen LogP contribution is 2.30. The summed E-state index contributed by atoms with van der Waals surface area (Å²) >= 11 is 0. The molecule has 1 unspecified atom stereocenters. The highest BCUT2D eigenvalue weighted by molar-refractivity contribution is 5.66. The molecule has 0 aliphatic carbocycles. The Kier molecular flexibility index (Phi) is 27.6. The molecule has 2 saturated heterocycles. The Hall–Kier alpha value is -1.25. The number of aliphatic carboxylic acids is 1. The number of unbranched alkanes of at least 4 members (excludes halogenated alkanes) is 12. The standard InChI is InChI=1S/C20H34O6.C20H40O/c1-2-3-6-9-15(21)12-13-18-16(17(22)14-20(25)26-18)10-7-4-5-8-11-19(23)24;1-3-5-7-9-11-13-17-20-19(16-14-18-21-20)15-12-10-8-6-4-2/h4,7,12-13,15-18,20-22,25H,2-3,5-6,8-11,14H2,1H3,(H,23,24);19-20H,3-18H2,1-2H3/b7-4-,13-12+;/t15-,16-,17-,18+,20?;19-,20+/m00/s1. The van der Waals surface area contributed by atoms with Gasteiger partial charge in [0.1, 0.15) is 0 Å². The van der Waals surface area contributed by atoms with Crippen molar-refractivity contribution in [2.45, 2.75) is 206 Å². The van der Waals surface area contributed by atoms with Crippen molar-refractivity contribution in [3.63, 3.8) is 0 Å². The summed E-state index contributed by atoms with van der Waals surface area (Å²) < 4.78 is 11.6. The van der Waals surface area contributed by atoms with Gasteiger partial charge in [0.15, 0.2) is 6.29 Å². The average Bonchev–Trinajstić information content (AvgIpc) is 3.05. The molecule has 0 aromatic heterocycles. The lowest BCUT2D eigenvalue weighted by atomic mass is 9.86. The molecule has 2 rings (SSSR count). The summed E-state index contributed by atoms with van der Waals surface area (Å²) in [7, 11) is 0. The van der Waals surface area contributed by atoms with Crippen molar-refractivity contribution in [2.75, 3.05) is 6.61 Å². The number of carboxylic acid groups (broad SMARTS) is 1. The fraction of sp³-hybridized carbons (Fsp3) is 0.875. The van der Waals surface area contributed by atoms with E-state index in [9.17, 15) is 20.1 Å². The van der Waals surface area contributed by atoms with Crippen molar-refractivity contribution >= 4 is 5.97 Å². The highest BCUT2D eigenvalue weighted by atomic mass is 16.6. The first-order valence-electron chi connectivity index (χ1n) is 19.7. The van der Waals surface area contributed by atoms with Crippen molar-refractivity contribution in [3.05, 3.63) is 24.3 Å². The first kappa shape index (κ1) is 43.8. The second-order valence-corrected chi connectivity index (χ2v) is 14.0. The average molecular weight is 667 g/mol. The molecule has 0 saturated carbocycles. The first-order chi connectivity index (χ1) is 22.8. The molecule has 2 fully saturated rings. The van der Waals surface area contributed by atoms with Crippen molar-refractivity contribution in [1.82, 2.24) is 0 Å². The van der Waals surface area contributed by atoms with Crippen molar-refractivity contribution in [1.29, 1.82) is 0 Å². The van der Waals surface area contributed by atoms with Crippen molar-refractivity contribution in [2.24, 2.45) is 11.8 Å². The lowest BCUT2D eigenvalue weighted by Crippen LogP contribution is -2.43. The summed E-state index contributed by atoms with van der Waals surface area (Å²) in [6.07, 6.45) is 32.1. The zero-order valence-corrected chi connectivity index (χ0v) is 30.5. The van der Waals surface area contributed by atoms with Gasteiger partial charge in [-0.2, -0.15) is 0 Å². The van der Waals surface area contributed by atoms with Gasteiger partial charge in [-0.25, -0.2) is 0 Å². The Morgan fingerprint density at radius 3 is 2.15 bits per heavy atom. The molecule has 2 heterocycles. The largest absolute Gasteiger partial charge is 0.481 e. The van der Waals surface area contributed by atoms with E-state index in [2.05, 4.69) is 20.8 Å². The van der Waals surface area contributed by atoms with Crippen LogP contribution in [-0.4, -0.2) is 63.7 Å². The lowest BCUT2D eigenvalue weighted by Gasteiger charge is -2.36. The van der Waals surface area contributed by atoms with Crippen LogP contribution in [0.1, 0.15) is 175 Å². The second-order valence-electron chi connectivity index (χ2n) is 14.0. The van der Waals surface area contributed by atoms with Crippen LogP contribution in [0.2, 0.25) is 0 Å². The van der Waals surface area contributed by atoms with Crippen LogP contribution >= 0.6 is 0 Å². The third-order valence-electron chi connectivity index (χ3n) is 9.73. The lowest BCUT2D eigenvalue weighted by molar-refractivity contribution is -0.199. The Morgan fingerprint density at radius 2 is 1.47 bits per heavy atom. The van der Waals surface area contributed by atoms with E-state index < -0.39 is 30.6 Å². The minimum absolute atomic E-state index is 0.146. The smallest absolute Gasteiger partial charge is 0.303 e. The minimum atomic E-state index is -1.01. The van der Waals surface area contributed by atoms with E-state index in [0.717, 1.165) is 31.8 Å². The van der Waals surface area contributed by atoms with Gasteiger partial charge in [-0.15, -0.1) is 0 Å². The fourth-order valence-corrected chi connectivity index (χ4v) is 6.78. The Morgan fingerprint density at radius 1 is 0.830 bits per heavy atom. The van der Waals surface area contributed by atoms with Gasteiger partial charge < -0.3 is 29.9 Å². The number of carboxylic acids is 1. The number of aliphatic hydroxyl groups is 3. The van der Waals surface area contributed by atoms with Crippen LogP contribution in [0.3, 0.4) is 0 Å². The van der Waals surface area contributed by atoms with Crippen molar-refractivity contribution in [3.8, 4) is 0 Å². The normalized spacial score (nSPS) is 25.6. The summed E-state index contributed by atoms with van der Waals surface area (Å²) in [5, 5.41) is 38.7. The van der Waals surface area contributed by atoms with Gasteiger partial charge in [0.05, 0.1) is 24.4 Å². The second kappa shape index (κ2) is 29.6. The molecule has 0 radical (unpaired) electrons. The quantitative estimate of drug-likeness (QED) is 0.0566. The van der Waals surface area contributed by atoms with Crippen LogP contribution < -0.4 is 0 Å². The summed E-state index contributed by atoms with van der Waals surface area (Å²) in [5.41, 5.74) is 0. The number of hydrogen-bond donors (Lipinski definition) is 4. The molecule has 0 aromatic rings. The molecular weight excluding hydrogens is 592 g/mol. The van der Waals surface area contributed by atoms with E-state index in [4.69, 9.17) is 14.6 Å². The molecule has 0 spiro atoms. The van der Waals surface area contributed by atoms with Gasteiger partial charge in [-0.1, -0.05) is 135 Å². The van der Waals surface area contributed by atoms with Crippen LogP contribution in [-0.2, 0) is 14.3 Å². The highest BCUT2D eigenvalue weighted by Gasteiger charge is 2.35. The number of ether oxygens (including phenoxy) is 2. The van der Waals surface area contributed by atoms with Gasteiger partial charge in [0, 0.05) is 25.4 Å². The SMILES string of the molecule is CCCCCCCC[C@H]1OCCC[C@@H]1CCCCCCC.CCCCC[C@H](O)/C=C/[C@H]1OC(O)C[C@H](O)[C@@H]1C/C=C\CCCC(=O)O. The van der Waals surface area contributed by atoms with Gasteiger partial charge in [0.25, 0.3) is 0 Å². The van der Waals surface area contributed by atoms with Gasteiger partial charge in [-0.3, -0.25) is 4.79 Å². The minimum Gasteiger partial charge on any atom is -0.481 e. The zero-order valence-electron chi connectivity index (χ0n) is 30.5. The van der Waals surface area contributed by atoms with E-state index in [0.29, 0.717) is 31.8 Å².